The van der Waals surface area contributed by atoms with Crippen LogP contribution in [-0.2, 0) is 24.1 Å². The molecule has 0 atom stereocenters. The molecule has 0 aliphatic heterocycles. The van der Waals surface area contributed by atoms with E-state index in [2.05, 4.69) is 37.2 Å². The minimum atomic E-state index is -0.780. The molecule has 2 aromatic carbocycles. The zero-order valence-electron chi connectivity index (χ0n) is 16.6. The van der Waals surface area contributed by atoms with Crippen molar-refractivity contribution in [1.82, 2.24) is 4.90 Å². The number of carboxylic acid groups (broad SMARTS) is 1. The van der Waals surface area contributed by atoms with Crippen molar-refractivity contribution in [1.29, 1.82) is 0 Å². The third kappa shape index (κ3) is 6.00. The van der Waals surface area contributed by atoms with Gasteiger partial charge in [0.2, 0.25) is 0 Å². The van der Waals surface area contributed by atoms with E-state index in [1.165, 1.54) is 0 Å². The van der Waals surface area contributed by atoms with Gasteiger partial charge in [0.05, 0.1) is 14.2 Å². The van der Waals surface area contributed by atoms with Crippen LogP contribution in [0.25, 0.3) is 0 Å². The quantitative estimate of drug-likeness (QED) is 0.693. The number of aliphatic carboxylic acids is 1. The van der Waals surface area contributed by atoms with Crippen LogP contribution in [0.4, 0.5) is 0 Å². The van der Waals surface area contributed by atoms with E-state index in [0.29, 0.717) is 12.8 Å². The van der Waals surface area contributed by atoms with Crippen molar-refractivity contribution in [2.75, 3.05) is 34.9 Å². The zero-order chi connectivity index (χ0) is 19.8. The van der Waals surface area contributed by atoms with Crippen LogP contribution in [-0.4, -0.2) is 50.8 Å². The number of carbonyl (C=O) groups is 1. The number of rotatable bonds is 10. The Kier molecular flexibility index (Phi) is 7.67. The standard InChI is InChI=1S/C22H29NO4/c1-23(2)13-12-18-9-10-20(26-3)19(22(18)27-4)15-17-7-5-6-16(14-17)8-11-21(24)25/h5-7,9-10,14H,8,11-13,15H2,1-4H3,(H,24,25). The fourth-order valence-electron chi connectivity index (χ4n) is 3.16. The Morgan fingerprint density at radius 2 is 1.78 bits per heavy atom. The summed E-state index contributed by atoms with van der Waals surface area (Å²) in [5, 5.41) is 8.90. The minimum Gasteiger partial charge on any atom is -0.496 e. The third-order valence-electron chi connectivity index (χ3n) is 4.55. The Hall–Kier alpha value is -2.53. The molecule has 0 aliphatic rings. The molecule has 0 aromatic heterocycles. The predicted molar refractivity (Wildman–Crippen MR) is 107 cm³/mol. The fraction of sp³-hybridized carbons (Fsp3) is 0.409. The van der Waals surface area contributed by atoms with Crippen molar-refractivity contribution in [3.05, 3.63) is 58.7 Å². The lowest BCUT2D eigenvalue weighted by molar-refractivity contribution is -0.136. The van der Waals surface area contributed by atoms with Gasteiger partial charge in [-0.3, -0.25) is 4.79 Å². The Morgan fingerprint density at radius 1 is 1.04 bits per heavy atom. The summed E-state index contributed by atoms with van der Waals surface area (Å²) in [5.74, 6) is 0.890. The number of hydrogen-bond donors (Lipinski definition) is 1. The summed E-state index contributed by atoms with van der Waals surface area (Å²) in [5.41, 5.74) is 4.31. The molecule has 0 bridgehead atoms. The van der Waals surface area contributed by atoms with Crippen LogP contribution < -0.4 is 9.47 Å². The topological polar surface area (TPSA) is 59.0 Å². The molecule has 27 heavy (non-hydrogen) atoms. The number of benzene rings is 2. The highest BCUT2D eigenvalue weighted by Crippen LogP contribution is 2.34. The van der Waals surface area contributed by atoms with Gasteiger partial charge in [0.15, 0.2) is 0 Å². The van der Waals surface area contributed by atoms with Gasteiger partial charge in [0.1, 0.15) is 11.5 Å². The molecule has 0 spiro atoms. The molecule has 5 nitrogen and oxygen atoms in total. The number of nitrogens with zero attached hydrogens (tertiary/aromatic N) is 1. The number of ether oxygens (including phenoxy) is 2. The number of methoxy groups -OCH3 is 2. The van der Waals surface area contributed by atoms with E-state index in [1.54, 1.807) is 14.2 Å². The summed E-state index contributed by atoms with van der Waals surface area (Å²) in [6.45, 7) is 0.937. The maximum atomic E-state index is 10.8. The summed E-state index contributed by atoms with van der Waals surface area (Å²) < 4.78 is 11.3. The molecule has 2 rings (SSSR count). The Labute approximate surface area is 161 Å². The zero-order valence-corrected chi connectivity index (χ0v) is 16.6. The predicted octanol–water partition coefficient (Wildman–Crippen LogP) is 3.42. The summed E-state index contributed by atoms with van der Waals surface area (Å²) in [7, 11) is 7.47. The van der Waals surface area contributed by atoms with E-state index < -0.39 is 5.97 Å². The van der Waals surface area contributed by atoms with E-state index in [0.717, 1.165) is 46.7 Å². The van der Waals surface area contributed by atoms with Crippen molar-refractivity contribution >= 4 is 5.97 Å². The SMILES string of the molecule is COc1ccc(CCN(C)C)c(OC)c1Cc1cccc(CCC(=O)O)c1. The molecule has 0 amide bonds. The van der Waals surface area contributed by atoms with Crippen LogP contribution in [0.5, 0.6) is 11.5 Å². The van der Waals surface area contributed by atoms with Crippen molar-refractivity contribution < 1.29 is 19.4 Å². The monoisotopic (exact) mass is 371 g/mol. The van der Waals surface area contributed by atoms with Crippen LogP contribution in [0.3, 0.4) is 0 Å². The van der Waals surface area contributed by atoms with Crippen LogP contribution >= 0.6 is 0 Å². The van der Waals surface area contributed by atoms with E-state index in [9.17, 15) is 4.79 Å². The first-order chi connectivity index (χ1) is 12.9. The molecule has 0 fully saturated rings. The lowest BCUT2D eigenvalue weighted by Crippen LogP contribution is -2.15. The molecule has 5 heteroatoms. The van der Waals surface area contributed by atoms with Gasteiger partial charge in [-0.1, -0.05) is 30.3 Å². The first-order valence-corrected chi connectivity index (χ1v) is 9.11. The second-order valence-corrected chi connectivity index (χ2v) is 6.88. The highest BCUT2D eigenvalue weighted by molar-refractivity contribution is 5.67. The molecule has 1 N–H and O–H groups in total. The Balaban J connectivity index is 2.32. The van der Waals surface area contributed by atoms with E-state index >= 15 is 0 Å². The van der Waals surface area contributed by atoms with Crippen LogP contribution in [0.1, 0.15) is 28.7 Å². The maximum absolute atomic E-state index is 10.8. The molecule has 0 aliphatic carbocycles. The van der Waals surface area contributed by atoms with Crippen LogP contribution in [0, 0.1) is 0 Å². The molecule has 146 valence electrons. The van der Waals surface area contributed by atoms with Gasteiger partial charge in [0.25, 0.3) is 0 Å². The lowest BCUT2D eigenvalue weighted by atomic mass is 9.97. The smallest absolute Gasteiger partial charge is 0.303 e. The largest absolute Gasteiger partial charge is 0.496 e. The minimum absolute atomic E-state index is 0.135. The summed E-state index contributed by atoms with van der Waals surface area (Å²) in [6.07, 6.45) is 2.23. The normalized spacial score (nSPS) is 10.9. The average Bonchev–Trinajstić information content (AvgIpc) is 2.65. The van der Waals surface area contributed by atoms with Crippen molar-refractivity contribution in [3.63, 3.8) is 0 Å². The van der Waals surface area contributed by atoms with Crippen LogP contribution in [0.15, 0.2) is 36.4 Å². The molecule has 0 saturated carbocycles. The van der Waals surface area contributed by atoms with Crippen molar-refractivity contribution in [2.45, 2.75) is 25.7 Å². The van der Waals surface area contributed by atoms with Crippen molar-refractivity contribution in [2.24, 2.45) is 0 Å². The summed E-state index contributed by atoms with van der Waals surface area (Å²) in [6, 6.07) is 12.1. The van der Waals surface area contributed by atoms with Gasteiger partial charge in [-0.2, -0.15) is 0 Å². The van der Waals surface area contributed by atoms with E-state index in [-0.39, 0.29) is 6.42 Å². The molecule has 0 heterocycles. The van der Waals surface area contributed by atoms with Gasteiger partial charge >= 0.3 is 5.97 Å². The third-order valence-corrected chi connectivity index (χ3v) is 4.55. The number of hydrogen-bond acceptors (Lipinski definition) is 4. The molecular weight excluding hydrogens is 342 g/mol. The van der Waals surface area contributed by atoms with E-state index in [4.69, 9.17) is 14.6 Å². The van der Waals surface area contributed by atoms with Gasteiger partial charge < -0.3 is 19.5 Å². The highest BCUT2D eigenvalue weighted by Gasteiger charge is 2.16. The van der Waals surface area contributed by atoms with Gasteiger partial charge in [-0.15, -0.1) is 0 Å². The fourth-order valence-corrected chi connectivity index (χ4v) is 3.16. The second-order valence-electron chi connectivity index (χ2n) is 6.88. The average molecular weight is 371 g/mol. The Morgan fingerprint density at radius 3 is 2.41 bits per heavy atom. The first-order valence-electron chi connectivity index (χ1n) is 9.11. The molecule has 2 aromatic rings. The van der Waals surface area contributed by atoms with Crippen LogP contribution in [0.2, 0.25) is 0 Å². The van der Waals surface area contributed by atoms with E-state index in [1.807, 2.05) is 18.2 Å². The van der Waals surface area contributed by atoms with Gasteiger partial charge in [-0.25, -0.2) is 0 Å². The maximum Gasteiger partial charge on any atom is 0.303 e. The highest BCUT2D eigenvalue weighted by atomic mass is 16.5. The lowest BCUT2D eigenvalue weighted by Gasteiger charge is -2.18. The Bertz CT molecular complexity index is 771. The summed E-state index contributed by atoms with van der Waals surface area (Å²) in [4.78, 5) is 13.0. The molecule has 0 saturated heterocycles. The molecule has 0 radical (unpaired) electrons. The number of aryl methyl sites for hydroxylation is 1. The number of likely N-dealkylation sites (N-methyl/N-ethyl adjacent to an activating group) is 1. The first kappa shape index (κ1) is 20.8. The second kappa shape index (κ2) is 9.97. The van der Waals surface area contributed by atoms with Gasteiger partial charge in [0, 0.05) is 24.9 Å². The molecule has 0 unspecified atom stereocenters. The molecular formula is C22H29NO4. The van der Waals surface area contributed by atoms with Crippen molar-refractivity contribution in [3.8, 4) is 11.5 Å². The number of carboxylic acids is 1. The van der Waals surface area contributed by atoms with Gasteiger partial charge in [-0.05, 0) is 49.7 Å². The summed E-state index contributed by atoms with van der Waals surface area (Å²) >= 11 is 0.